The molecule has 0 aromatic heterocycles. The third kappa shape index (κ3) is 3.64. The number of benzene rings is 1. The molecule has 1 aromatic rings. The number of halogens is 3. The molecule has 0 bridgehead atoms. The Labute approximate surface area is 118 Å². The Morgan fingerprint density at radius 2 is 2.05 bits per heavy atom. The fourth-order valence-corrected chi connectivity index (χ4v) is 1.99. The van der Waals surface area contributed by atoms with Gasteiger partial charge in [0.15, 0.2) is 0 Å². The van der Waals surface area contributed by atoms with Gasteiger partial charge < -0.3 is 14.6 Å². The maximum absolute atomic E-state index is 12.8. The first-order valence-corrected chi connectivity index (χ1v) is 6.21. The summed E-state index contributed by atoms with van der Waals surface area (Å²) in [4.78, 5) is 12.2. The van der Waals surface area contributed by atoms with E-state index >= 15 is 0 Å². The third-order valence-corrected chi connectivity index (χ3v) is 3.00. The molecular formula is C13H14F3NO4. The van der Waals surface area contributed by atoms with Crippen LogP contribution in [0.4, 0.5) is 18.0 Å². The average molecular weight is 305 g/mol. The predicted octanol–water partition coefficient (Wildman–Crippen LogP) is 1.90. The first-order chi connectivity index (χ1) is 9.93. The number of amides is 1. The summed E-state index contributed by atoms with van der Waals surface area (Å²) in [5, 5.41) is 9.06. The van der Waals surface area contributed by atoms with Crippen LogP contribution in [0.15, 0.2) is 30.3 Å². The lowest BCUT2D eigenvalue weighted by Gasteiger charge is -2.27. The van der Waals surface area contributed by atoms with Gasteiger partial charge in [-0.05, 0) is 5.56 Å². The molecule has 0 radical (unpaired) electrons. The number of aliphatic hydroxyl groups excluding tert-OH is 1. The van der Waals surface area contributed by atoms with Gasteiger partial charge in [0.1, 0.15) is 6.61 Å². The molecule has 0 saturated carbocycles. The molecule has 1 aromatic carbocycles. The van der Waals surface area contributed by atoms with Gasteiger partial charge in [0.05, 0.1) is 19.3 Å². The maximum atomic E-state index is 12.8. The molecule has 2 rings (SSSR count). The predicted molar refractivity (Wildman–Crippen MR) is 65.1 cm³/mol. The van der Waals surface area contributed by atoms with Crippen LogP contribution in [0.1, 0.15) is 5.56 Å². The van der Waals surface area contributed by atoms with Crippen molar-refractivity contribution in [3.8, 4) is 0 Å². The van der Waals surface area contributed by atoms with Crippen molar-refractivity contribution in [2.75, 3.05) is 13.2 Å². The van der Waals surface area contributed by atoms with Crippen molar-refractivity contribution >= 4 is 6.09 Å². The number of hydrogen-bond acceptors (Lipinski definition) is 4. The van der Waals surface area contributed by atoms with Crippen LogP contribution in [0, 0.1) is 0 Å². The Morgan fingerprint density at radius 3 is 2.62 bits per heavy atom. The summed E-state index contributed by atoms with van der Waals surface area (Å²) >= 11 is 0. The molecule has 0 aliphatic carbocycles. The first-order valence-electron chi connectivity index (χ1n) is 6.21. The summed E-state index contributed by atoms with van der Waals surface area (Å²) in [7, 11) is 0. The van der Waals surface area contributed by atoms with Crippen molar-refractivity contribution in [3.05, 3.63) is 35.9 Å². The molecule has 5 nitrogen and oxygen atoms in total. The molecule has 0 spiro atoms. The number of ether oxygens (including phenoxy) is 2. The number of hydrogen-bond donors (Lipinski definition) is 1. The van der Waals surface area contributed by atoms with E-state index in [-0.39, 0.29) is 13.2 Å². The highest BCUT2D eigenvalue weighted by Crippen LogP contribution is 2.32. The normalized spacial score (nSPS) is 22.4. The first kappa shape index (κ1) is 15.6. The van der Waals surface area contributed by atoms with Crippen molar-refractivity contribution < 1.29 is 32.5 Å². The third-order valence-electron chi connectivity index (χ3n) is 3.00. The van der Waals surface area contributed by atoms with Gasteiger partial charge in [0.25, 0.3) is 0 Å². The average Bonchev–Trinajstić information content (AvgIpc) is 2.90. The summed E-state index contributed by atoms with van der Waals surface area (Å²) in [5.74, 6) is 0. The molecule has 1 aliphatic rings. The van der Waals surface area contributed by atoms with Crippen LogP contribution in [0.2, 0.25) is 0 Å². The Morgan fingerprint density at radius 1 is 1.38 bits per heavy atom. The van der Waals surface area contributed by atoms with Crippen LogP contribution < -0.4 is 0 Å². The standard InChI is InChI=1S/C13H14F3NO4/c14-13(15,16)11-17(10(6-18)8-20-11)12(19)21-7-9-4-2-1-3-5-9/h1-5,10-11,18H,6-8H2. The van der Waals surface area contributed by atoms with E-state index in [4.69, 9.17) is 9.84 Å². The second-order valence-electron chi connectivity index (χ2n) is 4.51. The number of alkyl halides is 3. The molecule has 2 atom stereocenters. The lowest BCUT2D eigenvalue weighted by Crippen LogP contribution is -2.50. The van der Waals surface area contributed by atoms with E-state index < -0.39 is 31.1 Å². The van der Waals surface area contributed by atoms with E-state index in [0.717, 1.165) is 0 Å². The molecule has 116 valence electrons. The lowest BCUT2D eigenvalue weighted by molar-refractivity contribution is -0.235. The monoisotopic (exact) mass is 305 g/mol. The van der Waals surface area contributed by atoms with Crippen molar-refractivity contribution in [2.45, 2.75) is 25.1 Å². The number of aliphatic hydroxyl groups is 1. The van der Waals surface area contributed by atoms with Crippen LogP contribution in [-0.4, -0.2) is 47.8 Å². The number of rotatable bonds is 3. The largest absolute Gasteiger partial charge is 0.444 e. The molecule has 1 aliphatic heterocycles. The number of carbonyl (C=O) groups is 1. The van der Waals surface area contributed by atoms with Gasteiger partial charge in [-0.1, -0.05) is 30.3 Å². The quantitative estimate of drug-likeness (QED) is 0.926. The van der Waals surface area contributed by atoms with Crippen LogP contribution in [0.3, 0.4) is 0 Å². The lowest BCUT2D eigenvalue weighted by atomic mass is 10.2. The van der Waals surface area contributed by atoms with E-state index in [9.17, 15) is 18.0 Å². The summed E-state index contributed by atoms with van der Waals surface area (Å²) < 4.78 is 47.8. The molecule has 1 heterocycles. The van der Waals surface area contributed by atoms with Crippen molar-refractivity contribution in [3.63, 3.8) is 0 Å². The molecule has 2 unspecified atom stereocenters. The van der Waals surface area contributed by atoms with E-state index in [1.165, 1.54) is 0 Å². The molecule has 21 heavy (non-hydrogen) atoms. The topological polar surface area (TPSA) is 59.0 Å². The van der Waals surface area contributed by atoms with Gasteiger partial charge >= 0.3 is 12.3 Å². The van der Waals surface area contributed by atoms with E-state index in [1.807, 2.05) is 0 Å². The highest BCUT2D eigenvalue weighted by atomic mass is 19.4. The Bertz CT molecular complexity index is 480. The summed E-state index contributed by atoms with van der Waals surface area (Å²) in [6.45, 7) is -1.17. The van der Waals surface area contributed by atoms with Gasteiger partial charge in [-0.2, -0.15) is 13.2 Å². The fourth-order valence-electron chi connectivity index (χ4n) is 1.99. The Balaban J connectivity index is 2.04. The fraction of sp³-hybridized carbons (Fsp3) is 0.462. The highest BCUT2D eigenvalue weighted by Gasteiger charge is 2.53. The van der Waals surface area contributed by atoms with Crippen LogP contribution >= 0.6 is 0 Å². The van der Waals surface area contributed by atoms with Gasteiger partial charge in [0, 0.05) is 0 Å². The van der Waals surface area contributed by atoms with E-state index in [1.54, 1.807) is 30.3 Å². The van der Waals surface area contributed by atoms with E-state index in [0.29, 0.717) is 10.5 Å². The van der Waals surface area contributed by atoms with Gasteiger partial charge in [-0.15, -0.1) is 0 Å². The van der Waals surface area contributed by atoms with Crippen molar-refractivity contribution in [2.24, 2.45) is 0 Å². The molecule has 1 saturated heterocycles. The Kier molecular flexibility index (Phi) is 4.69. The van der Waals surface area contributed by atoms with Gasteiger partial charge in [-0.25, -0.2) is 4.79 Å². The molecule has 1 fully saturated rings. The van der Waals surface area contributed by atoms with Crippen molar-refractivity contribution in [1.82, 2.24) is 4.90 Å². The van der Waals surface area contributed by atoms with Gasteiger partial charge in [0.2, 0.25) is 6.23 Å². The van der Waals surface area contributed by atoms with Crippen molar-refractivity contribution in [1.29, 1.82) is 0 Å². The number of carbonyl (C=O) groups excluding carboxylic acids is 1. The van der Waals surface area contributed by atoms with E-state index in [2.05, 4.69) is 4.74 Å². The minimum absolute atomic E-state index is 0.154. The zero-order chi connectivity index (χ0) is 15.5. The van der Waals surface area contributed by atoms with Crippen LogP contribution in [0.5, 0.6) is 0 Å². The van der Waals surface area contributed by atoms with Crippen LogP contribution in [0.25, 0.3) is 0 Å². The maximum Gasteiger partial charge on any atom is 0.433 e. The molecule has 1 N–H and O–H groups in total. The molecule has 1 amide bonds. The zero-order valence-electron chi connectivity index (χ0n) is 10.9. The minimum Gasteiger partial charge on any atom is -0.444 e. The highest BCUT2D eigenvalue weighted by molar-refractivity contribution is 5.68. The molecule has 8 heteroatoms. The zero-order valence-corrected chi connectivity index (χ0v) is 10.9. The van der Waals surface area contributed by atoms with Crippen LogP contribution in [-0.2, 0) is 16.1 Å². The molecular weight excluding hydrogens is 291 g/mol. The smallest absolute Gasteiger partial charge is 0.433 e. The second-order valence-corrected chi connectivity index (χ2v) is 4.51. The van der Waals surface area contributed by atoms with Gasteiger partial charge in [-0.3, -0.25) is 4.90 Å². The minimum atomic E-state index is -4.74. The number of nitrogens with zero attached hydrogens (tertiary/aromatic N) is 1. The summed E-state index contributed by atoms with van der Waals surface area (Å²) in [5.41, 5.74) is 0.648. The summed E-state index contributed by atoms with van der Waals surface area (Å²) in [6.07, 6.45) is -8.30. The SMILES string of the molecule is O=C(OCc1ccccc1)N1C(CO)COC1C(F)(F)F. The summed E-state index contributed by atoms with van der Waals surface area (Å²) in [6, 6.07) is 7.49. The second kappa shape index (κ2) is 6.31. The Hall–Kier alpha value is -1.80.